The molecule has 0 unspecified atom stereocenters. The molecule has 0 spiro atoms. The predicted molar refractivity (Wildman–Crippen MR) is 105 cm³/mol. The summed E-state index contributed by atoms with van der Waals surface area (Å²) < 4.78 is 27.5. The summed E-state index contributed by atoms with van der Waals surface area (Å²) in [4.78, 5) is 0. The first-order valence-corrected chi connectivity index (χ1v) is 14.3. The van der Waals surface area contributed by atoms with Crippen LogP contribution >= 0.6 is 0 Å². The SMILES string of the molecule is C[Si](C)(C)CCS(=O)(=O)N(C=C1CCCCC1)Cc1ccccc1. The number of benzene rings is 1. The van der Waals surface area contributed by atoms with E-state index in [9.17, 15) is 8.42 Å². The zero-order chi connectivity index (χ0) is 17.6. The van der Waals surface area contributed by atoms with Gasteiger partial charge in [-0.05, 0) is 37.3 Å². The van der Waals surface area contributed by atoms with E-state index < -0.39 is 18.1 Å². The van der Waals surface area contributed by atoms with Gasteiger partial charge in [0.05, 0.1) is 12.3 Å². The second-order valence-corrected chi connectivity index (χ2v) is 15.7. The highest BCUT2D eigenvalue weighted by atomic mass is 32.2. The zero-order valence-electron chi connectivity index (χ0n) is 15.3. The number of allylic oxidation sites excluding steroid dienone is 1. The van der Waals surface area contributed by atoms with Crippen molar-refractivity contribution in [1.29, 1.82) is 0 Å². The Labute approximate surface area is 148 Å². The van der Waals surface area contributed by atoms with E-state index in [-0.39, 0.29) is 5.75 Å². The Morgan fingerprint density at radius 1 is 1.04 bits per heavy atom. The molecule has 24 heavy (non-hydrogen) atoms. The molecule has 2 rings (SSSR count). The van der Waals surface area contributed by atoms with Crippen LogP contribution in [0.4, 0.5) is 0 Å². The van der Waals surface area contributed by atoms with E-state index in [2.05, 4.69) is 19.6 Å². The highest BCUT2D eigenvalue weighted by Gasteiger charge is 2.24. The van der Waals surface area contributed by atoms with Crippen molar-refractivity contribution >= 4 is 18.1 Å². The Morgan fingerprint density at radius 2 is 1.67 bits per heavy atom. The van der Waals surface area contributed by atoms with E-state index in [1.54, 1.807) is 4.31 Å². The van der Waals surface area contributed by atoms with Crippen LogP contribution in [0.3, 0.4) is 0 Å². The predicted octanol–water partition coefficient (Wildman–Crippen LogP) is 5.00. The van der Waals surface area contributed by atoms with Gasteiger partial charge in [-0.2, -0.15) is 0 Å². The first-order valence-electron chi connectivity index (χ1n) is 8.99. The third-order valence-corrected chi connectivity index (χ3v) is 8.25. The van der Waals surface area contributed by atoms with Crippen LogP contribution in [-0.2, 0) is 16.6 Å². The van der Waals surface area contributed by atoms with Crippen LogP contribution in [-0.4, -0.2) is 26.5 Å². The number of hydrogen-bond donors (Lipinski definition) is 0. The fraction of sp³-hybridized carbons (Fsp3) is 0.579. The molecule has 5 heteroatoms. The first kappa shape index (κ1) is 19.3. The molecule has 0 amide bonds. The average molecular weight is 366 g/mol. The maximum Gasteiger partial charge on any atom is 0.234 e. The highest BCUT2D eigenvalue weighted by molar-refractivity contribution is 7.89. The van der Waals surface area contributed by atoms with Gasteiger partial charge in [0.1, 0.15) is 0 Å². The van der Waals surface area contributed by atoms with Crippen LogP contribution in [0.5, 0.6) is 0 Å². The molecular weight excluding hydrogens is 334 g/mol. The molecule has 0 radical (unpaired) electrons. The van der Waals surface area contributed by atoms with Crippen LogP contribution in [0.25, 0.3) is 0 Å². The van der Waals surface area contributed by atoms with Gasteiger partial charge in [-0.1, -0.05) is 62.0 Å². The lowest BCUT2D eigenvalue weighted by atomic mass is 9.96. The lowest BCUT2D eigenvalue weighted by Gasteiger charge is -2.25. The summed E-state index contributed by atoms with van der Waals surface area (Å²) >= 11 is 0. The maximum atomic E-state index is 13.0. The van der Waals surface area contributed by atoms with Crippen molar-refractivity contribution in [3.05, 3.63) is 47.7 Å². The molecular formula is C19H31NO2SSi. The molecule has 3 nitrogen and oxygen atoms in total. The quantitative estimate of drug-likeness (QED) is 0.637. The average Bonchev–Trinajstić information content (AvgIpc) is 2.54. The maximum absolute atomic E-state index is 13.0. The van der Waals surface area contributed by atoms with Gasteiger partial charge in [0, 0.05) is 14.3 Å². The number of sulfonamides is 1. The van der Waals surface area contributed by atoms with E-state index in [4.69, 9.17) is 0 Å². The third-order valence-electron chi connectivity index (χ3n) is 4.47. The Morgan fingerprint density at radius 3 is 2.25 bits per heavy atom. The molecule has 0 heterocycles. The van der Waals surface area contributed by atoms with Crippen molar-refractivity contribution < 1.29 is 8.42 Å². The second kappa shape index (κ2) is 8.34. The first-order chi connectivity index (χ1) is 11.3. The molecule has 0 aliphatic heterocycles. The summed E-state index contributed by atoms with van der Waals surface area (Å²) in [6, 6.07) is 10.7. The van der Waals surface area contributed by atoms with Crippen LogP contribution in [0.1, 0.15) is 37.7 Å². The van der Waals surface area contributed by atoms with Crippen LogP contribution in [0, 0.1) is 0 Å². The third kappa shape index (κ3) is 6.44. The second-order valence-electron chi connectivity index (χ2n) is 8.01. The Kier molecular flexibility index (Phi) is 6.69. The molecule has 1 aliphatic carbocycles. The fourth-order valence-electron chi connectivity index (χ4n) is 2.88. The minimum absolute atomic E-state index is 0.263. The van der Waals surface area contributed by atoms with Gasteiger partial charge in [0.25, 0.3) is 0 Å². The molecule has 0 bridgehead atoms. The van der Waals surface area contributed by atoms with E-state index in [1.807, 2.05) is 36.5 Å². The van der Waals surface area contributed by atoms with Crippen molar-refractivity contribution in [2.45, 2.75) is 64.3 Å². The summed E-state index contributed by atoms with van der Waals surface area (Å²) in [5, 5.41) is 0. The molecule has 1 saturated carbocycles. The summed E-state index contributed by atoms with van der Waals surface area (Å²) in [6.07, 6.45) is 7.63. The fourth-order valence-corrected chi connectivity index (χ4v) is 7.25. The van der Waals surface area contributed by atoms with Crippen molar-refractivity contribution in [2.24, 2.45) is 0 Å². The Bertz CT molecular complexity index is 640. The summed E-state index contributed by atoms with van der Waals surface area (Å²) in [6.45, 7) is 7.12. The summed E-state index contributed by atoms with van der Waals surface area (Å²) in [5.41, 5.74) is 2.33. The summed E-state index contributed by atoms with van der Waals surface area (Å²) in [5.74, 6) is 0.263. The van der Waals surface area contributed by atoms with Gasteiger partial charge in [-0.3, -0.25) is 4.31 Å². The van der Waals surface area contributed by atoms with E-state index >= 15 is 0 Å². The molecule has 134 valence electrons. The minimum Gasteiger partial charge on any atom is -0.273 e. The largest absolute Gasteiger partial charge is 0.273 e. The number of hydrogen-bond acceptors (Lipinski definition) is 2. The normalized spacial score (nSPS) is 16.0. The number of rotatable bonds is 7. The van der Waals surface area contributed by atoms with Crippen molar-refractivity contribution in [3.8, 4) is 0 Å². The van der Waals surface area contributed by atoms with Crippen LogP contribution in [0.2, 0.25) is 25.7 Å². The van der Waals surface area contributed by atoms with E-state index in [0.717, 1.165) is 24.4 Å². The Hall–Kier alpha value is -1.07. The van der Waals surface area contributed by atoms with Gasteiger partial charge in [0.2, 0.25) is 10.0 Å². The van der Waals surface area contributed by atoms with Crippen LogP contribution < -0.4 is 0 Å². The smallest absolute Gasteiger partial charge is 0.234 e. The number of nitrogens with zero attached hydrogens (tertiary/aromatic N) is 1. The highest BCUT2D eigenvalue weighted by Crippen LogP contribution is 2.25. The van der Waals surface area contributed by atoms with Gasteiger partial charge in [-0.25, -0.2) is 8.42 Å². The van der Waals surface area contributed by atoms with Crippen molar-refractivity contribution in [3.63, 3.8) is 0 Å². The topological polar surface area (TPSA) is 37.4 Å². The van der Waals surface area contributed by atoms with Gasteiger partial charge in [0.15, 0.2) is 0 Å². The summed E-state index contributed by atoms with van der Waals surface area (Å²) in [7, 11) is -4.65. The van der Waals surface area contributed by atoms with Crippen molar-refractivity contribution in [1.82, 2.24) is 4.31 Å². The molecule has 0 saturated heterocycles. The molecule has 0 aromatic heterocycles. The van der Waals surface area contributed by atoms with Crippen LogP contribution in [0.15, 0.2) is 42.1 Å². The lowest BCUT2D eigenvalue weighted by molar-refractivity contribution is 0.485. The zero-order valence-corrected chi connectivity index (χ0v) is 17.1. The van der Waals surface area contributed by atoms with Gasteiger partial charge in [-0.15, -0.1) is 0 Å². The molecule has 1 aromatic carbocycles. The van der Waals surface area contributed by atoms with Crippen molar-refractivity contribution in [2.75, 3.05) is 5.75 Å². The molecule has 1 aliphatic rings. The van der Waals surface area contributed by atoms with E-state index in [1.165, 1.54) is 24.8 Å². The molecule has 1 aromatic rings. The lowest BCUT2D eigenvalue weighted by Crippen LogP contribution is -2.32. The monoisotopic (exact) mass is 365 g/mol. The molecule has 0 atom stereocenters. The van der Waals surface area contributed by atoms with E-state index in [0.29, 0.717) is 6.54 Å². The van der Waals surface area contributed by atoms with Gasteiger partial charge < -0.3 is 0 Å². The van der Waals surface area contributed by atoms with Gasteiger partial charge >= 0.3 is 0 Å². The minimum atomic E-state index is -3.26. The molecule has 1 fully saturated rings. The Balaban J connectivity index is 2.20. The molecule has 0 N–H and O–H groups in total. The standard InChI is InChI=1S/C19H31NO2SSi/c1-24(2,3)15-14-23(21,22)20(16-18-10-6-4-7-11-18)17-19-12-8-5-9-13-19/h4,6-7,10-11,17H,5,8-9,12-16H2,1-3H3.